The van der Waals surface area contributed by atoms with Gasteiger partial charge in [-0.1, -0.05) is 0 Å². The second-order valence-corrected chi connectivity index (χ2v) is 4.97. The normalized spacial score (nSPS) is 15.3. The zero-order valence-electron chi connectivity index (χ0n) is 11.7. The van der Waals surface area contributed by atoms with Gasteiger partial charge in [-0.05, 0) is 18.2 Å². The van der Waals surface area contributed by atoms with Crippen LogP contribution in [0.25, 0.3) is 0 Å². The minimum atomic E-state index is -0.513. The molecule has 0 amide bonds. The van der Waals surface area contributed by atoms with Crippen molar-refractivity contribution in [3.8, 4) is 11.5 Å². The predicted molar refractivity (Wildman–Crippen MR) is 78.8 cm³/mol. The Morgan fingerprint density at radius 3 is 2.95 bits per heavy atom. The van der Waals surface area contributed by atoms with Gasteiger partial charge < -0.3 is 19.9 Å². The summed E-state index contributed by atoms with van der Waals surface area (Å²) in [6.45, 7) is 2.25. The maximum atomic E-state index is 9.99. The van der Waals surface area contributed by atoms with E-state index < -0.39 is 6.10 Å². The molecule has 2 N–H and O–H groups in total. The number of benzene rings is 1. The molecule has 1 atom stereocenters. The molecule has 6 heteroatoms. The molecule has 0 fully saturated rings. The number of aromatic nitrogens is 2. The molecule has 1 aliphatic heterocycles. The van der Waals surface area contributed by atoms with Crippen LogP contribution in [0.4, 0.5) is 5.69 Å². The van der Waals surface area contributed by atoms with Crippen molar-refractivity contribution in [2.75, 3.05) is 25.1 Å². The molecule has 1 aliphatic rings. The van der Waals surface area contributed by atoms with Gasteiger partial charge in [0, 0.05) is 37.1 Å². The van der Waals surface area contributed by atoms with Gasteiger partial charge in [-0.2, -0.15) is 5.10 Å². The van der Waals surface area contributed by atoms with E-state index in [1.807, 2.05) is 30.5 Å². The highest BCUT2D eigenvalue weighted by molar-refractivity contribution is 5.55. The number of aliphatic hydroxyl groups excluding tert-OH is 1. The van der Waals surface area contributed by atoms with Gasteiger partial charge in [-0.3, -0.25) is 4.68 Å². The Labute approximate surface area is 123 Å². The topological polar surface area (TPSA) is 68.5 Å². The van der Waals surface area contributed by atoms with Crippen LogP contribution in [0.15, 0.2) is 36.7 Å². The fourth-order valence-electron chi connectivity index (χ4n) is 2.20. The van der Waals surface area contributed by atoms with Crippen LogP contribution >= 0.6 is 0 Å². The summed E-state index contributed by atoms with van der Waals surface area (Å²) < 4.78 is 12.9. The number of nitrogens with one attached hydrogen (secondary N) is 1. The molecule has 3 rings (SSSR count). The summed E-state index contributed by atoms with van der Waals surface area (Å²) in [7, 11) is 0. The Kier molecular flexibility index (Phi) is 4.25. The van der Waals surface area contributed by atoms with Gasteiger partial charge in [0.1, 0.15) is 0 Å². The second kappa shape index (κ2) is 6.49. The molecule has 0 bridgehead atoms. The number of nitrogens with zero attached hydrogens (tertiary/aromatic N) is 2. The molecule has 0 radical (unpaired) electrons. The van der Waals surface area contributed by atoms with Crippen molar-refractivity contribution in [1.82, 2.24) is 9.78 Å². The average Bonchev–Trinajstić information content (AvgIpc) is 2.88. The average molecular weight is 289 g/mol. The number of fused-ring (bicyclic) bond motifs is 1. The summed E-state index contributed by atoms with van der Waals surface area (Å²) in [6.07, 6.45) is 3.90. The van der Waals surface area contributed by atoms with Crippen molar-refractivity contribution in [3.05, 3.63) is 36.7 Å². The standard InChI is InChI=1S/C15H19N3O3/c19-13(11-18-6-1-5-17-18)10-16-12-3-4-14-15(9-12)21-8-2-7-20-14/h1,3-6,9,13,16,19H,2,7-8,10-11H2. The second-order valence-electron chi connectivity index (χ2n) is 4.97. The van der Waals surface area contributed by atoms with Crippen molar-refractivity contribution >= 4 is 5.69 Å². The molecule has 1 aromatic heterocycles. The van der Waals surface area contributed by atoms with Crippen LogP contribution in [0.2, 0.25) is 0 Å². The van der Waals surface area contributed by atoms with E-state index in [1.165, 1.54) is 0 Å². The lowest BCUT2D eigenvalue weighted by atomic mass is 10.2. The molecule has 0 aliphatic carbocycles. The largest absolute Gasteiger partial charge is 0.490 e. The first-order chi connectivity index (χ1) is 10.3. The summed E-state index contributed by atoms with van der Waals surface area (Å²) in [5.41, 5.74) is 0.902. The van der Waals surface area contributed by atoms with E-state index in [9.17, 15) is 5.11 Å². The van der Waals surface area contributed by atoms with Crippen molar-refractivity contribution in [2.24, 2.45) is 0 Å². The summed E-state index contributed by atoms with van der Waals surface area (Å²) in [5.74, 6) is 1.52. The van der Waals surface area contributed by atoms with E-state index in [0.29, 0.717) is 26.3 Å². The van der Waals surface area contributed by atoms with E-state index in [2.05, 4.69) is 10.4 Å². The lowest BCUT2D eigenvalue weighted by Gasteiger charge is -2.14. The van der Waals surface area contributed by atoms with Crippen LogP contribution < -0.4 is 14.8 Å². The maximum Gasteiger partial charge on any atom is 0.163 e. The van der Waals surface area contributed by atoms with E-state index in [4.69, 9.17) is 9.47 Å². The summed E-state index contributed by atoms with van der Waals surface area (Å²) in [5, 5.41) is 17.3. The van der Waals surface area contributed by atoms with Crippen LogP contribution in [0.1, 0.15) is 6.42 Å². The minimum absolute atomic E-state index is 0.444. The van der Waals surface area contributed by atoms with Crippen LogP contribution in [-0.4, -0.2) is 40.7 Å². The molecule has 1 aromatic carbocycles. The molecule has 6 nitrogen and oxygen atoms in total. The fraction of sp³-hybridized carbons (Fsp3) is 0.400. The van der Waals surface area contributed by atoms with Crippen LogP contribution in [0.5, 0.6) is 11.5 Å². The third kappa shape index (κ3) is 3.66. The Morgan fingerprint density at radius 2 is 2.14 bits per heavy atom. The summed E-state index contributed by atoms with van der Waals surface area (Å²) >= 11 is 0. The molecule has 0 spiro atoms. The number of aliphatic hydroxyl groups is 1. The van der Waals surface area contributed by atoms with Gasteiger partial charge in [0.25, 0.3) is 0 Å². The third-order valence-corrected chi connectivity index (χ3v) is 3.25. The smallest absolute Gasteiger partial charge is 0.163 e. The molecule has 2 heterocycles. The van der Waals surface area contributed by atoms with Crippen LogP contribution in [0, 0.1) is 0 Å². The maximum absolute atomic E-state index is 9.99. The number of ether oxygens (including phenoxy) is 2. The first-order valence-corrected chi connectivity index (χ1v) is 7.10. The van der Waals surface area contributed by atoms with Gasteiger partial charge in [0.15, 0.2) is 11.5 Å². The molecular weight excluding hydrogens is 270 g/mol. The van der Waals surface area contributed by atoms with Gasteiger partial charge >= 0.3 is 0 Å². The number of rotatable bonds is 5. The predicted octanol–water partition coefficient (Wildman–Crippen LogP) is 1.52. The van der Waals surface area contributed by atoms with E-state index in [-0.39, 0.29) is 0 Å². The third-order valence-electron chi connectivity index (χ3n) is 3.25. The molecule has 1 unspecified atom stereocenters. The zero-order chi connectivity index (χ0) is 14.5. The van der Waals surface area contributed by atoms with E-state index in [1.54, 1.807) is 10.9 Å². The highest BCUT2D eigenvalue weighted by Gasteiger charge is 2.11. The lowest BCUT2D eigenvalue weighted by Crippen LogP contribution is -2.25. The summed E-state index contributed by atoms with van der Waals surface area (Å²) in [6, 6.07) is 7.56. The number of hydrogen-bond acceptors (Lipinski definition) is 5. The van der Waals surface area contributed by atoms with E-state index >= 15 is 0 Å². The number of hydrogen-bond donors (Lipinski definition) is 2. The van der Waals surface area contributed by atoms with Crippen LogP contribution in [-0.2, 0) is 6.54 Å². The van der Waals surface area contributed by atoms with Crippen molar-refractivity contribution < 1.29 is 14.6 Å². The monoisotopic (exact) mass is 289 g/mol. The van der Waals surface area contributed by atoms with E-state index in [0.717, 1.165) is 23.6 Å². The van der Waals surface area contributed by atoms with Crippen LogP contribution in [0.3, 0.4) is 0 Å². The first-order valence-electron chi connectivity index (χ1n) is 7.10. The van der Waals surface area contributed by atoms with Gasteiger partial charge in [-0.15, -0.1) is 0 Å². The first kappa shape index (κ1) is 13.8. The SMILES string of the molecule is OC(CNc1ccc2c(c1)OCCCO2)Cn1cccn1. The lowest BCUT2D eigenvalue weighted by molar-refractivity contribution is 0.161. The molecule has 21 heavy (non-hydrogen) atoms. The van der Waals surface area contributed by atoms with Gasteiger partial charge in [0.2, 0.25) is 0 Å². The molecule has 0 saturated heterocycles. The quantitative estimate of drug-likeness (QED) is 0.873. The Hall–Kier alpha value is -2.21. The molecule has 2 aromatic rings. The van der Waals surface area contributed by atoms with Gasteiger partial charge in [0.05, 0.1) is 25.9 Å². The zero-order valence-corrected chi connectivity index (χ0v) is 11.7. The van der Waals surface area contributed by atoms with Crippen molar-refractivity contribution in [1.29, 1.82) is 0 Å². The Bertz CT molecular complexity index is 572. The van der Waals surface area contributed by atoms with Crippen molar-refractivity contribution in [2.45, 2.75) is 19.1 Å². The minimum Gasteiger partial charge on any atom is -0.490 e. The van der Waals surface area contributed by atoms with Crippen molar-refractivity contribution in [3.63, 3.8) is 0 Å². The Balaban J connectivity index is 1.56. The molecule has 0 saturated carbocycles. The fourth-order valence-corrected chi connectivity index (χ4v) is 2.20. The molecular formula is C15H19N3O3. The number of anilines is 1. The highest BCUT2D eigenvalue weighted by Crippen LogP contribution is 2.32. The highest BCUT2D eigenvalue weighted by atomic mass is 16.5. The molecule has 112 valence electrons. The van der Waals surface area contributed by atoms with Gasteiger partial charge in [-0.25, -0.2) is 0 Å². The summed E-state index contributed by atoms with van der Waals surface area (Å²) in [4.78, 5) is 0. The Morgan fingerprint density at radius 1 is 1.29 bits per heavy atom.